The molecule has 0 fully saturated rings. The maximum absolute atomic E-state index is 6.57. The highest BCUT2D eigenvalue weighted by atomic mass is 16.5. The number of para-hydroxylation sites is 12. The third kappa shape index (κ3) is 6.78. The Bertz CT molecular complexity index is 3180. The molecule has 73 heavy (non-hydrogen) atoms. The van der Waals surface area contributed by atoms with E-state index < -0.39 is 0 Å². The molecule has 0 aliphatic carbocycles. The van der Waals surface area contributed by atoms with Crippen LogP contribution in [0.4, 0.5) is 51.2 Å². The fourth-order valence-corrected chi connectivity index (χ4v) is 12.5. The van der Waals surface area contributed by atoms with Gasteiger partial charge in [-0.2, -0.15) is 0 Å². The van der Waals surface area contributed by atoms with Gasteiger partial charge in [-0.3, -0.25) is 0 Å². The molecule has 9 aromatic rings. The normalized spacial score (nSPS) is 12.9. The summed E-state index contributed by atoms with van der Waals surface area (Å²) in [7, 11) is 0. The highest BCUT2D eigenvalue weighted by Crippen LogP contribution is 2.55. The van der Waals surface area contributed by atoms with Crippen molar-refractivity contribution in [1.29, 1.82) is 0 Å². The van der Waals surface area contributed by atoms with E-state index in [4.69, 9.17) is 14.2 Å². The van der Waals surface area contributed by atoms with Crippen LogP contribution in [-0.2, 0) is 0 Å². The van der Waals surface area contributed by atoms with Gasteiger partial charge in [-0.05, 0) is 189 Å². The summed E-state index contributed by atoms with van der Waals surface area (Å²) in [4.78, 5) is 7.31. The molecule has 12 rings (SSSR count). The van der Waals surface area contributed by atoms with Gasteiger partial charge in [0, 0.05) is 0 Å². The summed E-state index contributed by atoms with van der Waals surface area (Å²) in [6, 6.07) is 50.6. The van der Waals surface area contributed by atoms with Crippen LogP contribution in [0.2, 0.25) is 0 Å². The van der Waals surface area contributed by atoms with Gasteiger partial charge in [0.1, 0.15) is 0 Å². The van der Waals surface area contributed by atoms with Crippen molar-refractivity contribution in [3.05, 3.63) is 212 Å². The van der Waals surface area contributed by atoms with Gasteiger partial charge in [-0.25, -0.2) is 0 Å². The smallest absolute Gasteiger partial charge is 0.243 e. The molecule has 6 nitrogen and oxygen atoms in total. The number of hydrogen-bond acceptors (Lipinski definition) is 6. The van der Waals surface area contributed by atoms with Crippen molar-refractivity contribution in [2.24, 2.45) is 0 Å². The second-order valence-corrected chi connectivity index (χ2v) is 20.3. The first-order valence-corrected chi connectivity index (χ1v) is 25.6. The Balaban J connectivity index is 1.14. The maximum atomic E-state index is 6.57. The Labute approximate surface area is 431 Å². The van der Waals surface area contributed by atoms with Crippen molar-refractivity contribution in [2.45, 2.75) is 83.1 Å². The van der Waals surface area contributed by atoms with Gasteiger partial charge < -0.3 is 28.9 Å². The topological polar surface area (TPSA) is 37.4 Å². The first kappa shape index (κ1) is 45.9. The largest absolute Gasteiger partial charge is 0.453 e. The van der Waals surface area contributed by atoms with E-state index in [2.05, 4.69) is 243 Å². The van der Waals surface area contributed by atoms with Crippen molar-refractivity contribution in [2.75, 3.05) is 14.7 Å². The van der Waals surface area contributed by atoms with E-state index in [1.54, 1.807) is 0 Å². The van der Waals surface area contributed by atoms with Crippen molar-refractivity contribution in [1.82, 2.24) is 0 Å². The summed E-state index contributed by atoms with van der Waals surface area (Å²) >= 11 is 0. The number of benzene rings is 9. The minimum absolute atomic E-state index is 0.123. The Kier molecular flexibility index (Phi) is 10.9. The van der Waals surface area contributed by atoms with Gasteiger partial charge in [0.05, 0.1) is 51.2 Å². The molecule has 3 aliphatic heterocycles. The summed E-state index contributed by atoms with van der Waals surface area (Å²) in [6.45, 7) is 28.1. The zero-order chi connectivity index (χ0) is 50.7. The van der Waals surface area contributed by atoms with Crippen molar-refractivity contribution in [3.63, 3.8) is 0 Å². The molecule has 0 unspecified atom stereocenters. The van der Waals surface area contributed by atoms with E-state index in [-0.39, 0.29) is 6.71 Å². The third-order valence-electron chi connectivity index (χ3n) is 16.8. The zero-order valence-electron chi connectivity index (χ0n) is 44.0. The molecule has 0 atom stereocenters. The molecule has 3 heterocycles. The first-order chi connectivity index (χ1) is 35.3. The fourth-order valence-electron chi connectivity index (χ4n) is 12.5. The average molecular weight is 954 g/mol. The van der Waals surface area contributed by atoms with Crippen molar-refractivity contribution >= 4 is 74.3 Å². The molecule has 0 N–H and O–H groups in total. The molecule has 3 aliphatic rings. The lowest BCUT2D eigenvalue weighted by atomic mass is 9.32. The van der Waals surface area contributed by atoms with Crippen LogP contribution in [0.15, 0.2) is 146 Å². The van der Waals surface area contributed by atoms with Gasteiger partial charge in [0.2, 0.25) is 6.71 Å². The third-order valence-corrected chi connectivity index (χ3v) is 16.8. The van der Waals surface area contributed by atoms with Crippen LogP contribution < -0.4 is 45.3 Å². The maximum Gasteiger partial charge on any atom is 0.243 e. The molecule has 0 bridgehead atoms. The summed E-state index contributed by atoms with van der Waals surface area (Å²) in [5, 5.41) is 0. The molecule has 0 amide bonds. The van der Waals surface area contributed by atoms with Crippen LogP contribution in [0.3, 0.4) is 0 Å². The Morgan fingerprint density at radius 3 is 0.575 bits per heavy atom. The van der Waals surface area contributed by atoms with Gasteiger partial charge in [-0.15, -0.1) is 0 Å². The predicted molar refractivity (Wildman–Crippen MR) is 305 cm³/mol. The van der Waals surface area contributed by atoms with Crippen molar-refractivity contribution in [3.8, 4) is 34.5 Å². The van der Waals surface area contributed by atoms with Gasteiger partial charge in [-0.1, -0.05) is 123 Å². The number of fused-ring (bicyclic) bond motifs is 6. The monoisotopic (exact) mass is 953 g/mol. The second-order valence-electron chi connectivity index (χ2n) is 20.3. The molecule has 0 saturated heterocycles. The van der Waals surface area contributed by atoms with E-state index in [9.17, 15) is 0 Å². The minimum atomic E-state index is -0.123. The van der Waals surface area contributed by atoms with Crippen LogP contribution >= 0.6 is 0 Å². The highest BCUT2D eigenvalue weighted by Gasteiger charge is 2.40. The van der Waals surface area contributed by atoms with Gasteiger partial charge >= 0.3 is 0 Å². The van der Waals surface area contributed by atoms with Crippen LogP contribution in [-0.4, -0.2) is 6.71 Å². The quantitative estimate of drug-likeness (QED) is 0.155. The van der Waals surface area contributed by atoms with Crippen LogP contribution in [0, 0.1) is 83.1 Å². The van der Waals surface area contributed by atoms with E-state index in [1.807, 2.05) is 0 Å². The van der Waals surface area contributed by atoms with E-state index in [0.29, 0.717) is 0 Å². The Morgan fingerprint density at radius 2 is 0.397 bits per heavy atom. The van der Waals surface area contributed by atoms with E-state index >= 15 is 0 Å². The lowest BCUT2D eigenvalue weighted by Crippen LogP contribution is -2.58. The number of ether oxygens (including phenoxy) is 3. The Morgan fingerprint density at radius 1 is 0.233 bits per heavy atom. The van der Waals surface area contributed by atoms with Gasteiger partial charge in [0.15, 0.2) is 34.5 Å². The predicted octanol–water partition coefficient (Wildman–Crippen LogP) is 16.6. The number of nitrogens with zero attached hydrogens (tertiary/aromatic N) is 3. The molecule has 0 aromatic heterocycles. The Hall–Kier alpha value is -8.16. The van der Waals surface area contributed by atoms with E-state index in [0.717, 1.165) is 68.6 Å². The first-order valence-electron chi connectivity index (χ1n) is 25.6. The molecule has 360 valence electrons. The standard InChI is InChI=1S/C66H60BN3O3/c1-37-43(7)64(68-49-25-13-19-31-55(49)71-56-32-20-14-26-50(56)68)44(8)38(2)61(37)67(62-39(3)45(9)65(46(10)40(62)4)69-51-27-15-21-33-57(51)72-58-34-22-16-28-52(58)69)63-41(5)47(11)66(48(12)42(63)6)70-53-29-17-23-35-59(53)73-60-36-24-18-30-54(60)70/h13-36H,1-12H3. The summed E-state index contributed by atoms with van der Waals surface area (Å²) in [5.74, 6) is 5.10. The fraction of sp³-hybridized carbons (Fsp3) is 0.182. The molecule has 9 aromatic carbocycles. The highest BCUT2D eigenvalue weighted by molar-refractivity contribution is 6.97. The summed E-state index contributed by atoms with van der Waals surface area (Å²) in [5.41, 5.74) is 29.1. The molecule has 0 spiro atoms. The average Bonchev–Trinajstić information content (AvgIpc) is 3.41. The molecule has 0 saturated carbocycles. The minimum Gasteiger partial charge on any atom is -0.453 e. The van der Waals surface area contributed by atoms with E-state index in [1.165, 1.54) is 100 Å². The molecule has 7 heteroatoms. The lowest BCUT2D eigenvalue weighted by Gasteiger charge is -2.39. The number of hydrogen-bond donors (Lipinski definition) is 0. The molecule has 0 radical (unpaired) electrons. The SMILES string of the molecule is Cc1c(C)c(N2c3ccccc3Oc3ccccc32)c(C)c(C)c1B(c1c(C)c(C)c(N2c3ccccc3Oc3ccccc32)c(C)c1C)c1c(C)c(C)c(N2c3ccccc3Oc3ccccc32)c(C)c1C. The molecular formula is C66H60BN3O3. The number of anilines is 9. The van der Waals surface area contributed by atoms with Crippen LogP contribution in [0.5, 0.6) is 34.5 Å². The summed E-state index contributed by atoms with van der Waals surface area (Å²) in [6.07, 6.45) is 0. The van der Waals surface area contributed by atoms with Crippen LogP contribution in [0.25, 0.3) is 0 Å². The van der Waals surface area contributed by atoms with Crippen molar-refractivity contribution < 1.29 is 14.2 Å². The van der Waals surface area contributed by atoms with Crippen LogP contribution in [0.1, 0.15) is 66.8 Å². The summed E-state index contributed by atoms with van der Waals surface area (Å²) < 4.78 is 19.7. The zero-order valence-corrected chi connectivity index (χ0v) is 44.0. The number of rotatable bonds is 6. The van der Waals surface area contributed by atoms with Gasteiger partial charge in [0.25, 0.3) is 0 Å². The second kappa shape index (κ2) is 17.3. The molecular weight excluding hydrogens is 894 g/mol. The lowest BCUT2D eigenvalue weighted by molar-refractivity contribution is 0.476.